The Bertz CT molecular complexity index is 1450. The molecule has 2 N–H and O–H groups in total. The van der Waals surface area contributed by atoms with Gasteiger partial charge >= 0.3 is 12.1 Å². The number of nitrogens with zero attached hydrogens (tertiary/aromatic N) is 2. The van der Waals surface area contributed by atoms with E-state index in [1.807, 2.05) is 0 Å². The molecule has 40 heavy (non-hydrogen) atoms. The van der Waals surface area contributed by atoms with Gasteiger partial charge in [0.2, 0.25) is 5.91 Å². The van der Waals surface area contributed by atoms with E-state index in [9.17, 15) is 41.4 Å². The summed E-state index contributed by atoms with van der Waals surface area (Å²) in [5.74, 6) is -11.1. The Kier molecular flexibility index (Phi) is 6.51. The van der Waals surface area contributed by atoms with E-state index in [2.05, 4.69) is 5.32 Å². The molecule has 0 aromatic heterocycles. The van der Waals surface area contributed by atoms with E-state index >= 15 is 0 Å². The second-order valence-corrected chi connectivity index (χ2v) is 10.8. The van der Waals surface area contributed by atoms with Gasteiger partial charge in [0.15, 0.2) is 0 Å². The first-order valence-electron chi connectivity index (χ1n) is 11.7. The van der Waals surface area contributed by atoms with Crippen LogP contribution in [-0.2, 0) is 26.1 Å². The van der Waals surface area contributed by atoms with Crippen molar-refractivity contribution in [2.45, 2.75) is 30.1 Å². The second-order valence-electron chi connectivity index (χ2n) is 9.94. The third-order valence-electron chi connectivity index (χ3n) is 7.76. The number of rotatable bonds is 4. The number of halogens is 7. The number of carbonyl (C=O) groups excluding carboxylic acids is 2. The van der Waals surface area contributed by atoms with Crippen LogP contribution in [0.1, 0.15) is 17.5 Å². The van der Waals surface area contributed by atoms with Gasteiger partial charge in [-0.15, -0.1) is 0 Å². The number of carboxylic acid groups (broad SMARTS) is 1. The average molecular weight is 608 g/mol. The van der Waals surface area contributed by atoms with Crippen LogP contribution >= 0.6 is 23.2 Å². The zero-order valence-corrected chi connectivity index (χ0v) is 22.2. The molecule has 1 spiro atoms. The van der Waals surface area contributed by atoms with E-state index in [0.29, 0.717) is 12.1 Å². The molecule has 15 heteroatoms. The number of hydrogen-bond donors (Lipinski definition) is 2. The van der Waals surface area contributed by atoms with Crippen molar-refractivity contribution < 1.29 is 46.2 Å². The Morgan fingerprint density at radius 3 is 2.45 bits per heavy atom. The molecule has 2 saturated heterocycles. The quantitative estimate of drug-likeness (QED) is 0.481. The zero-order valence-electron chi connectivity index (χ0n) is 20.7. The number of aliphatic carboxylic acids is 1. The van der Waals surface area contributed by atoms with Crippen LogP contribution in [0.2, 0.25) is 10.0 Å². The number of amides is 2. The molecule has 3 aliphatic rings. The lowest BCUT2D eigenvalue weighted by Gasteiger charge is -2.36. The van der Waals surface area contributed by atoms with Gasteiger partial charge in [-0.05, 0) is 24.3 Å². The average Bonchev–Trinajstić information content (AvgIpc) is 3.43. The largest absolute Gasteiger partial charge is 0.497 e. The van der Waals surface area contributed by atoms with Crippen LogP contribution in [-0.4, -0.2) is 60.5 Å². The molecule has 0 aliphatic carbocycles. The molecule has 2 aromatic rings. The zero-order chi connectivity index (χ0) is 29.5. The van der Waals surface area contributed by atoms with Crippen LogP contribution in [0, 0.1) is 11.8 Å². The normalized spacial score (nSPS) is 26.9. The summed E-state index contributed by atoms with van der Waals surface area (Å²) >= 11 is 12.4. The smallest absolute Gasteiger partial charge is 0.416 e. The second kappa shape index (κ2) is 9.18. The standard InChI is InChI=1S/C25H20Cl2F5N3O5/c1-34(12-3-10(25(30,31)32)4-13(7-12)40-2)20(36)17-16-8-23(28,29)9-35(16)24(18(17)21(37)38)14-5-11(26)6-15(27)19(14)33-22(24)39/h3-7,16-18H,8-9H2,1-2H3,(H,33,39)(H,37,38)/t16-,17+,18-,24+/m1/s1. The molecular weight excluding hydrogens is 588 g/mol. The first-order chi connectivity index (χ1) is 18.5. The highest BCUT2D eigenvalue weighted by Gasteiger charge is 2.74. The van der Waals surface area contributed by atoms with E-state index in [1.54, 1.807) is 0 Å². The predicted molar refractivity (Wildman–Crippen MR) is 133 cm³/mol. The lowest BCUT2D eigenvalue weighted by Crippen LogP contribution is -2.54. The van der Waals surface area contributed by atoms with Gasteiger partial charge in [0.1, 0.15) is 17.2 Å². The first kappa shape index (κ1) is 28.4. The summed E-state index contributed by atoms with van der Waals surface area (Å²) in [6.07, 6.45) is -5.78. The molecular formula is C25H20Cl2F5N3O5. The van der Waals surface area contributed by atoms with Gasteiger partial charge in [0, 0.05) is 41.9 Å². The van der Waals surface area contributed by atoms with Crippen LogP contribution in [0.15, 0.2) is 30.3 Å². The van der Waals surface area contributed by atoms with Crippen molar-refractivity contribution in [3.63, 3.8) is 0 Å². The fourth-order valence-corrected chi connectivity index (χ4v) is 6.73. The van der Waals surface area contributed by atoms with Crippen LogP contribution in [0.5, 0.6) is 5.75 Å². The van der Waals surface area contributed by atoms with Gasteiger partial charge in [-0.2, -0.15) is 13.2 Å². The third kappa shape index (κ3) is 4.08. The summed E-state index contributed by atoms with van der Waals surface area (Å²) in [5, 5.41) is 12.8. The van der Waals surface area contributed by atoms with Crippen molar-refractivity contribution in [2.75, 3.05) is 30.9 Å². The summed E-state index contributed by atoms with van der Waals surface area (Å²) < 4.78 is 75.3. The van der Waals surface area contributed by atoms with Gasteiger partial charge in [0.05, 0.1) is 35.8 Å². The number of alkyl halides is 5. The molecule has 0 saturated carbocycles. The van der Waals surface area contributed by atoms with E-state index in [1.165, 1.54) is 12.1 Å². The lowest BCUT2D eigenvalue weighted by molar-refractivity contribution is -0.153. The molecule has 0 bridgehead atoms. The molecule has 2 fully saturated rings. The maximum atomic E-state index is 14.9. The molecule has 0 unspecified atom stereocenters. The van der Waals surface area contributed by atoms with Crippen molar-refractivity contribution in [3.05, 3.63) is 51.5 Å². The van der Waals surface area contributed by atoms with Crippen molar-refractivity contribution in [3.8, 4) is 5.75 Å². The van der Waals surface area contributed by atoms with E-state index in [0.717, 1.165) is 30.0 Å². The molecule has 5 rings (SSSR count). The van der Waals surface area contributed by atoms with Crippen molar-refractivity contribution in [1.82, 2.24) is 4.90 Å². The minimum Gasteiger partial charge on any atom is -0.497 e. The number of nitrogens with one attached hydrogen (secondary N) is 1. The van der Waals surface area contributed by atoms with Crippen LogP contribution in [0.25, 0.3) is 0 Å². The monoisotopic (exact) mass is 607 g/mol. The van der Waals surface area contributed by atoms with Crippen molar-refractivity contribution in [1.29, 1.82) is 0 Å². The SMILES string of the molecule is COc1cc(N(C)C(=O)[C@H]2[C@H]3CC(F)(F)CN3[C@]3(C(=O)Nc4c(Cl)cc(Cl)cc43)[C@H]2C(=O)O)cc(C(F)(F)F)c1. The number of hydrogen-bond acceptors (Lipinski definition) is 5. The Morgan fingerprint density at radius 2 is 1.85 bits per heavy atom. The summed E-state index contributed by atoms with van der Waals surface area (Å²) in [7, 11) is 2.21. The Morgan fingerprint density at radius 1 is 1.18 bits per heavy atom. The van der Waals surface area contributed by atoms with E-state index < -0.39 is 71.8 Å². The highest BCUT2D eigenvalue weighted by molar-refractivity contribution is 6.38. The third-order valence-corrected chi connectivity index (χ3v) is 8.28. The number of benzene rings is 2. The van der Waals surface area contributed by atoms with E-state index in [-0.39, 0.29) is 32.7 Å². The first-order valence-corrected chi connectivity index (χ1v) is 12.5. The Balaban J connectivity index is 1.69. The van der Waals surface area contributed by atoms with Gasteiger partial charge in [-0.1, -0.05) is 23.2 Å². The van der Waals surface area contributed by atoms with Gasteiger partial charge in [-0.3, -0.25) is 19.3 Å². The highest BCUT2D eigenvalue weighted by atomic mass is 35.5. The molecule has 2 amide bonds. The number of carboxylic acids is 1. The predicted octanol–water partition coefficient (Wildman–Crippen LogP) is 4.87. The molecule has 8 nitrogen and oxygen atoms in total. The summed E-state index contributed by atoms with van der Waals surface area (Å²) in [6, 6.07) is 3.52. The number of anilines is 2. The number of methoxy groups -OCH3 is 1. The minimum absolute atomic E-state index is 0.00535. The van der Waals surface area contributed by atoms with Crippen LogP contribution < -0.4 is 15.0 Å². The fraction of sp³-hybridized carbons (Fsp3) is 0.400. The summed E-state index contributed by atoms with van der Waals surface area (Å²) in [5.41, 5.74) is -3.88. The molecule has 214 valence electrons. The van der Waals surface area contributed by atoms with Crippen LogP contribution in [0.3, 0.4) is 0 Å². The summed E-state index contributed by atoms with van der Waals surface area (Å²) in [4.78, 5) is 42.1. The number of ether oxygens (including phenoxy) is 1. The number of carbonyl (C=O) groups is 3. The molecule has 3 heterocycles. The van der Waals surface area contributed by atoms with Crippen LogP contribution in [0.4, 0.5) is 33.3 Å². The van der Waals surface area contributed by atoms with Gasteiger partial charge in [-0.25, -0.2) is 8.78 Å². The molecule has 3 aliphatic heterocycles. The minimum atomic E-state index is -4.82. The number of fused-ring (bicyclic) bond motifs is 4. The Labute approximate surface area is 233 Å². The van der Waals surface area contributed by atoms with Crippen molar-refractivity contribution >= 4 is 52.4 Å². The van der Waals surface area contributed by atoms with Gasteiger partial charge in [0.25, 0.3) is 11.8 Å². The fourth-order valence-electron chi connectivity index (χ4n) is 6.19. The van der Waals surface area contributed by atoms with E-state index in [4.69, 9.17) is 27.9 Å². The molecule has 4 atom stereocenters. The Hall–Kier alpha value is -3.16. The lowest BCUT2D eigenvalue weighted by atomic mass is 9.73. The highest BCUT2D eigenvalue weighted by Crippen LogP contribution is 2.61. The summed E-state index contributed by atoms with van der Waals surface area (Å²) in [6.45, 7) is -1.05. The maximum absolute atomic E-state index is 14.9. The van der Waals surface area contributed by atoms with Gasteiger partial charge < -0.3 is 20.1 Å². The van der Waals surface area contributed by atoms with Crippen molar-refractivity contribution in [2.24, 2.45) is 11.8 Å². The molecule has 0 radical (unpaired) electrons. The molecule has 2 aromatic carbocycles. The topological polar surface area (TPSA) is 99.2 Å². The maximum Gasteiger partial charge on any atom is 0.416 e.